The van der Waals surface area contributed by atoms with Gasteiger partial charge in [-0.05, 0) is 25.8 Å². The topological polar surface area (TPSA) is 380 Å². The van der Waals surface area contributed by atoms with E-state index in [2.05, 4.69) is 36.9 Å². The van der Waals surface area contributed by atoms with E-state index < -0.39 is 110 Å². The van der Waals surface area contributed by atoms with E-state index in [0.29, 0.717) is 25.4 Å². The Morgan fingerprint density at radius 2 is 1.26 bits per heavy atom. The van der Waals surface area contributed by atoms with Crippen molar-refractivity contribution in [2.75, 3.05) is 13.6 Å². The Bertz CT molecular complexity index is 1310. The van der Waals surface area contributed by atoms with Crippen LogP contribution in [0.5, 0.6) is 0 Å². The molecule has 15 N–H and O–H groups in total. The van der Waals surface area contributed by atoms with Gasteiger partial charge >= 0.3 is 5.97 Å². The fourth-order valence-electron chi connectivity index (χ4n) is 4.82. The largest absolute Gasteiger partial charge is 0.481 e. The third-order valence-corrected chi connectivity index (χ3v) is 7.94. The fourth-order valence-corrected chi connectivity index (χ4v) is 4.82. The van der Waals surface area contributed by atoms with E-state index in [4.69, 9.17) is 28.0 Å². The SMILES string of the molecule is CC[C@H](C)[C@@H](C=O)N[C@H](CC(=O)[C@@H](NC)N[C@H](C=O)CC(=O)O)C(=O)N[C@@H](N[C@H](C=O)CC(N)=O)C(=O)C[C@@H](N[C@H](C=O)CCCN=C(N)N)C(N)=O. The van der Waals surface area contributed by atoms with Crippen molar-refractivity contribution >= 4 is 66.4 Å². The molecule has 0 spiro atoms. The second-order valence-electron chi connectivity index (χ2n) is 12.2. The summed E-state index contributed by atoms with van der Waals surface area (Å²) >= 11 is 0. The zero-order valence-corrected chi connectivity index (χ0v) is 29.9. The number of nitrogens with zero attached hydrogens (tertiary/aromatic N) is 1. The van der Waals surface area contributed by atoms with E-state index in [-0.39, 0.29) is 37.4 Å². The summed E-state index contributed by atoms with van der Waals surface area (Å²) in [6.45, 7) is 3.62. The van der Waals surface area contributed by atoms with Gasteiger partial charge in [-0.1, -0.05) is 20.3 Å². The fraction of sp³-hybridized carbons (Fsp3) is 0.645. The minimum atomic E-state index is -1.83. The first-order valence-electron chi connectivity index (χ1n) is 16.7. The lowest BCUT2D eigenvalue weighted by molar-refractivity contribution is -0.139. The van der Waals surface area contributed by atoms with Crippen molar-refractivity contribution in [3.63, 3.8) is 0 Å². The van der Waals surface area contributed by atoms with Gasteiger partial charge in [0.25, 0.3) is 0 Å². The van der Waals surface area contributed by atoms with Gasteiger partial charge in [-0.2, -0.15) is 0 Å². The van der Waals surface area contributed by atoms with Crippen molar-refractivity contribution in [1.82, 2.24) is 31.9 Å². The molecule has 0 radical (unpaired) electrons. The van der Waals surface area contributed by atoms with Crippen molar-refractivity contribution in [2.45, 2.75) is 107 Å². The number of primary amides is 2. The second-order valence-corrected chi connectivity index (χ2v) is 12.2. The highest BCUT2D eigenvalue weighted by Crippen LogP contribution is 2.10. The first-order valence-corrected chi connectivity index (χ1v) is 16.7. The average Bonchev–Trinajstić information content (AvgIpc) is 3.10. The average molecular weight is 756 g/mol. The minimum Gasteiger partial charge on any atom is -0.481 e. The Kier molecular flexibility index (Phi) is 23.4. The lowest BCUT2D eigenvalue weighted by atomic mass is 9.97. The maximum Gasteiger partial charge on any atom is 0.305 e. The van der Waals surface area contributed by atoms with E-state index in [1.807, 2.05) is 0 Å². The number of Topliss-reactive ketones (excluding diaryl/α,β-unsaturated/α-hetero) is 2. The van der Waals surface area contributed by atoms with Crippen LogP contribution in [0, 0.1) is 5.92 Å². The van der Waals surface area contributed by atoms with Gasteiger partial charge in [0.1, 0.15) is 37.5 Å². The second kappa shape index (κ2) is 25.8. The number of guanidine groups is 1. The Hall–Kier alpha value is -5.03. The number of aliphatic imine (C=N–C) groups is 1. The predicted octanol–water partition coefficient (Wildman–Crippen LogP) is -5.81. The van der Waals surface area contributed by atoms with Gasteiger partial charge in [-0.25, -0.2) is 0 Å². The van der Waals surface area contributed by atoms with Gasteiger partial charge in [0.15, 0.2) is 17.5 Å². The van der Waals surface area contributed by atoms with Gasteiger partial charge in [0.05, 0.1) is 42.7 Å². The third-order valence-electron chi connectivity index (χ3n) is 7.94. The molecule has 0 aliphatic carbocycles. The highest BCUT2D eigenvalue weighted by atomic mass is 16.4. The smallest absolute Gasteiger partial charge is 0.305 e. The Labute approximate surface area is 306 Å². The number of aldehydes is 4. The van der Waals surface area contributed by atoms with Crippen LogP contribution in [0.1, 0.15) is 58.8 Å². The first kappa shape index (κ1) is 48.0. The van der Waals surface area contributed by atoms with E-state index >= 15 is 0 Å². The Morgan fingerprint density at radius 3 is 1.74 bits per heavy atom. The summed E-state index contributed by atoms with van der Waals surface area (Å²) in [4.78, 5) is 127. The van der Waals surface area contributed by atoms with Crippen LogP contribution in [-0.4, -0.2) is 134 Å². The molecule has 3 amide bonds. The van der Waals surface area contributed by atoms with Crippen molar-refractivity contribution in [1.29, 1.82) is 0 Å². The number of carbonyl (C=O) groups is 10. The summed E-state index contributed by atoms with van der Waals surface area (Å²) in [5, 5.41) is 24.5. The number of nitrogens with one attached hydrogen (secondary N) is 6. The number of hydrogen-bond donors (Lipinski definition) is 11. The number of carboxylic acids is 1. The zero-order valence-electron chi connectivity index (χ0n) is 29.9. The van der Waals surface area contributed by atoms with Crippen molar-refractivity contribution in [3.8, 4) is 0 Å². The highest BCUT2D eigenvalue weighted by Gasteiger charge is 2.35. The number of amides is 3. The molecule has 0 rings (SSSR count). The molecule has 0 unspecified atom stereocenters. The number of likely N-dealkylation sites (N-methyl/N-ethyl adjacent to an activating group) is 1. The molecule has 0 aromatic carbocycles. The van der Waals surface area contributed by atoms with Gasteiger partial charge < -0.3 is 52.5 Å². The number of carboxylic acid groups (broad SMARTS) is 1. The molecule has 53 heavy (non-hydrogen) atoms. The number of carbonyl (C=O) groups excluding carboxylic acids is 9. The summed E-state index contributed by atoms with van der Waals surface area (Å²) in [6.07, 6.45) is -3.48. The molecule has 0 aliphatic rings. The van der Waals surface area contributed by atoms with Crippen LogP contribution in [0.25, 0.3) is 0 Å². The molecular weight excluding hydrogens is 702 g/mol. The highest BCUT2D eigenvalue weighted by molar-refractivity contribution is 5.96. The van der Waals surface area contributed by atoms with E-state index in [1.54, 1.807) is 13.8 Å². The van der Waals surface area contributed by atoms with Crippen LogP contribution in [-0.2, 0) is 47.9 Å². The van der Waals surface area contributed by atoms with E-state index in [1.165, 1.54) is 7.05 Å². The maximum atomic E-state index is 13.9. The molecule has 0 aromatic heterocycles. The zero-order chi connectivity index (χ0) is 40.7. The molecule has 0 fully saturated rings. The number of hydrogen-bond acceptors (Lipinski definition) is 16. The minimum absolute atomic E-state index is 0.129. The predicted molar refractivity (Wildman–Crippen MR) is 188 cm³/mol. The van der Waals surface area contributed by atoms with Gasteiger partial charge in [-0.15, -0.1) is 0 Å². The Morgan fingerprint density at radius 1 is 0.717 bits per heavy atom. The van der Waals surface area contributed by atoms with Crippen molar-refractivity contribution < 1.29 is 53.1 Å². The van der Waals surface area contributed by atoms with Crippen molar-refractivity contribution in [3.05, 3.63) is 0 Å². The quantitative estimate of drug-likeness (QED) is 0.0100. The number of rotatable bonds is 32. The maximum absolute atomic E-state index is 13.9. The molecule has 0 saturated carbocycles. The van der Waals surface area contributed by atoms with Crippen LogP contribution in [0.3, 0.4) is 0 Å². The molecule has 0 heterocycles. The van der Waals surface area contributed by atoms with Gasteiger partial charge in [0.2, 0.25) is 17.7 Å². The monoisotopic (exact) mass is 755 g/mol. The molecule has 0 saturated heterocycles. The summed E-state index contributed by atoms with van der Waals surface area (Å²) < 4.78 is 0. The summed E-state index contributed by atoms with van der Waals surface area (Å²) in [6, 6.07) is -7.74. The van der Waals surface area contributed by atoms with E-state index in [0.717, 1.165) is 0 Å². The standard InChI is InChI=1S/C31H53N11O11/c1-4-16(2)22(15-46)41-21(11-23(47)28(36-3)39-19(14-45)9-26(50)51)30(53)42-29(40-18(13-44)8-25(32)49)24(48)10-20(27(33)52)38-17(12-43)6-5-7-37-31(34)35/h12-22,28-29,36,38-41H,4-11H2,1-3H3,(H2,32,49)(H2,33,52)(H,42,53)(H,50,51)(H4,34,35,37)/t16-,17-,18-,19-,20+,21+,22+,28-,29+/m0/s1. The molecular formula is C31H53N11O11. The molecule has 22 nitrogen and oxygen atoms in total. The summed E-state index contributed by atoms with van der Waals surface area (Å²) in [5.41, 5.74) is 21.3. The van der Waals surface area contributed by atoms with Gasteiger partial charge in [0, 0.05) is 25.8 Å². The van der Waals surface area contributed by atoms with Crippen LogP contribution in [0.4, 0.5) is 0 Å². The summed E-state index contributed by atoms with van der Waals surface area (Å²) in [7, 11) is 1.33. The summed E-state index contributed by atoms with van der Waals surface area (Å²) in [5.74, 6) is -6.66. The number of nitrogens with two attached hydrogens (primary N) is 4. The molecule has 9 atom stereocenters. The Balaban J connectivity index is 6.57. The lowest BCUT2D eigenvalue weighted by Gasteiger charge is -2.30. The first-order chi connectivity index (χ1) is 25.0. The molecule has 298 valence electrons. The number of ketones is 2. The van der Waals surface area contributed by atoms with Crippen LogP contribution in [0.2, 0.25) is 0 Å². The molecule has 0 aliphatic heterocycles. The van der Waals surface area contributed by atoms with Gasteiger partial charge in [-0.3, -0.25) is 60.3 Å². The van der Waals surface area contributed by atoms with E-state index in [9.17, 15) is 47.9 Å². The molecule has 22 heteroatoms. The third kappa shape index (κ3) is 19.4. The van der Waals surface area contributed by atoms with Crippen LogP contribution in [0.15, 0.2) is 4.99 Å². The molecule has 0 bridgehead atoms. The van der Waals surface area contributed by atoms with Crippen molar-refractivity contribution in [2.24, 2.45) is 33.8 Å². The normalized spacial score (nSPS) is 16.1. The lowest BCUT2D eigenvalue weighted by Crippen LogP contribution is -2.62. The molecule has 0 aromatic rings. The van der Waals surface area contributed by atoms with Crippen LogP contribution < -0.4 is 54.8 Å². The van der Waals surface area contributed by atoms with Crippen LogP contribution >= 0.6 is 0 Å². The number of aliphatic carboxylic acids is 1.